The second-order valence-electron chi connectivity index (χ2n) is 6.74. The van der Waals surface area contributed by atoms with Crippen LogP contribution >= 0.6 is 34.7 Å². The van der Waals surface area contributed by atoms with E-state index < -0.39 is 0 Å². The second kappa shape index (κ2) is 8.50. The third-order valence-corrected chi connectivity index (χ3v) is 7.11. The monoisotopic (exact) mass is 458 g/mol. The summed E-state index contributed by atoms with van der Waals surface area (Å²) in [6.45, 7) is 5.97. The summed E-state index contributed by atoms with van der Waals surface area (Å²) in [4.78, 5) is 12.2. The molecule has 0 unspecified atom stereocenters. The Morgan fingerprint density at radius 3 is 2.70 bits per heavy atom. The molecular weight excluding hydrogens is 440 g/mol. The van der Waals surface area contributed by atoms with Crippen LogP contribution in [0.15, 0.2) is 46.2 Å². The number of morpholine rings is 1. The van der Waals surface area contributed by atoms with Crippen molar-refractivity contribution >= 4 is 50.9 Å². The SMILES string of the molecule is CCn1c(Sc2ncnc3scc(-c4ccc(Cl)cc4)c23)nnc1N1CCOCC1. The normalized spacial score (nSPS) is 14.5. The van der Waals surface area contributed by atoms with Crippen LogP contribution in [-0.2, 0) is 11.3 Å². The van der Waals surface area contributed by atoms with E-state index in [9.17, 15) is 0 Å². The van der Waals surface area contributed by atoms with Gasteiger partial charge in [0.15, 0.2) is 5.16 Å². The van der Waals surface area contributed by atoms with E-state index in [1.54, 1.807) is 17.7 Å². The van der Waals surface area contributed by atoms with Gasteiger partial charge >= 0.3 is 0 Å². The molecule has 4 heterocycles. The number of benzene rings is 1. The summed E-state index contributed by atoms with van der Waals surface area (Å²) in [6.07, 6.45) is 1.61. The number of aromatic nitrogens is 5. The van der Waals surface area contributed by atoms with Gasteiger partial charge in [-0.05, 0) is 36.4 Å². The van der Waals surface area contributed by atoms with Gasteiger partial charge in [0.2, 0.25) is 5.95 Å². The van der Waals surface area contributed by atoms with Gasteiger partial charge in [0.25, 0.3) is 0 Å². The molecule has 5 rings (SSSR count). The highest BCUT2D eigenvalue weighted by Crippen LogP contribution is 2.40. The number of nitrogens with zero attached hydrogens (tertiary/aromatic N) is 6. The van der Waals surface area contributed by atoms with E-state index in [1.807, 2.05) is 24.3 Å². The first-order valence-corrected chi connectivity index (χ1v) is 11.7. The van der Waals surface area contributed by atoms with Crippen LogP contribution in [0.5, 0.6) is 0 Å². The molecule has 1 aromatic carbocycles. The molecule has 1 aliphatic heterocycles. The fourth-order valence-electron chi connectivity index (χ4n) is 3.48. The number of fused-ring (bicyclic) bond motifs is 1. The number of anilines is 1. The molecule has 154 valence electrons. The number of hydrogen-bond acceptors (Lipinski definition) is 8. The Morgan fingerprint density at radius 1 is 1.13 bits per heavy atom. The van der Waals surface area contributed by atoms with E-state index in [1.165, 1.54) is 11.8 Å². The third kappa shape index (κ3) is 3.66. The smallest absolute Gasteiger partial charge is 0.228 e. The summed E-state index contributed by atoms with van der Waals surface area (Å²) >= 11 is 9.22. The summed E-state index contributed by atoms with van der Waals surface area (Å²) in [5.41, 5.74) is 2.19. The molecule has 0 radical (unpaired) electrons. The van der Waals surface area contributed by atoms with Crippen molar-refractivity contribution in [3.05, 3.63) is 41.0 Å². The summed E-state index contributed by atoms with van der Waals surface area (Å²) in [7, 11) is 0. The van der Waals surface area contributed by atoms with Gasteiger partial charge in [0.05, 0.1) is 18.6 Å². The lowest BCUT2D eigenvalue weighted by Gasteiger charge is -2.27. The molecule has 3 aromatic heterocycles. The highest BCUT2D eigenvalue weighted by atomic mass is 35.5. The minimum atomic E-state index is 0.713. The molecule has 10 heteroatoms. The van der Waals surface area contributed by atoms with Crippen LogP contribution in [0, 0.1) is 0 Å². The van der Waals surface area contributed by atoms with E-state index in [-0.39, 0.29) is 0 Å². The van der Waals surface area contributed by atoms with E-state index in [0.29, 0.717) is 13.2 Å². The topological polar surface area (TPSA) is 69.0 Å². The van der Waals surface area contributed by atoms with Crippen LogP contribution in [0.1, 0.15) is 6.92 Å². The van der Waals surface area contributed by atoms with Gasteiger partial charge in [0.1, 0.15) is 16.2 Å². The predicted octanol–water partition coefficient (Wildman–Crippen LogP) is 4.61. The summed E-state index contributed by atoms with van der Waals surface area (Å²) in [5, 5.41) is 14.5. The Kier molecular flexibility index (Phi) is 5.60. The Hall–Kier alpha value is -2.20. The highest BCUT2D eigenvalue weighted by molar-refractivity contribution is 7.99. The molecule has 1 saturated heterocycles. The van der Waals surface area contributed by atoms with Gasteiger partial charge in [-0.25, -0.2) is 9.97 Å². The maximum atomic E-state index is 6.07. The van der Waals surface area contributed by atoms with Crippen molar-refractivity contribution in [2.75, 3.05) is 31.2 Å². The van der Waals surface area contributed by atoms with E-state index >= 15 is 0 Å². The van der Waals surface area contributed by atoms with E-state index in [0.717, 1.165) is 62.1 Å². The Bertz CT molecular complexity index is 1170. The molecule has 0 N–H and O–H groups in total. The van der Waals surface area contributed by atoms with E-state index in [2.05, 4.69) is 41.9 Å². The highest BCUT2D eigenvalue weighted by Gasteiger charge is 2.22. The molecule has 0 saturated carbocycles. The standard InChI is InChI=1S/C20H19ClN6OS2/c1-2-27-19(26-7-9-28-10-8-26)24-25-20(27)30-18-16-15(11-29-17(16)22-12-23-18)13-3-5-14(21)6-4-13/h3-6,11-12H,2,7-10H2,1H3. The summed E-state index contributed by atoms with van der Waals surface area (Å²) < 4.78 is 7.61. The zero-order valence-electron chi connectivity index (χ0n) is 16.3. The quantitative estimate of drug-likeness (QED) is 0.404. The molecule has 0 aliphatic carbocycles. The Balaban J connectivity index is 1.54. The predicted molar refractivity (Wildman–Crippen MR) is 121 cm³/mol. The summed E-state index contributed by atoms with van der Waals surface area (Å²) in [6, 6.07) is 7.85. The molecular formula is C20H19ClN6OS2. The zero-order valence-corrected chi connectivity index (χ0v) is 18.7. The number of halogens is 1. The van der Waals surface area contributed by atoms with Crippen molar-refractivity contribution in [1.29, 1.82) is 0 Å². The van der Waals surface area contributed by atoms with Crippen LogP contribution in [0.3, 0.4) is 0 Å². The van der Waals surface area contributed by atoms with Gasteiger partial charge in [0, 0.05) is 35.6 Å². The van der Waals surface area contributed by atoms with Crippen molar-refractivity contribution in [2.24, 2.45) is 0 Å². The number of ether oxygens (including phenoxy) is 1. The molecule has 4 aromatic rings. The summed E-state index contributed by atoms with van der Waals surface area (Å²) in [5.74, 6) is 0.886. The van der Waals surface area contributed by atoms with Gasteiger partial charge in [-0.1, -0.05) is 23.7 Å². The fourth-order valence-corrected chi connectivity index (χ4v) is 5.57. The van der Waals surface area contributed by atoms with Crippen molar-refractivity contribution in [1.82, 2.24) is 24.7 Å². The minimum absolute atomic E-state index is 0.713. The van der Waals surface area contributed by atoms with Gasteiger partial charge < -0.3 is 9.64 Å². The lowest BCUT2D eigenvalue weighted by atomic mass is 10.1. The molecule has 0 amide bonds. The zero-order chi connectivity index (χ0) is 20.5. The number of thiophene rings is 1. The molecule has 0 spiro atoms. The largest absolute Gasteiger partial charge is 0.378 e. The van der Waals surface area contributed by atoms with Gasteiger partial charge in [-0.15, -0.1) is 21.5 Å². The molecule has 1 aliphatic rings. The van der Waals surface area contributed by atoms with Crippen molar-refractivity contribution in [3.8, 4) is 11.1 Å². The lowest BCUT2D eigenvalue weighted by molar-refractivity contribution is 0.121. The Morgan fingerprint density at radius 2 is 1.93 bits per heavy atom. The number of rotatable bonds is 5. The Labute approximate surface area is 187 Å². The maximum absolute atomic E-state index is 6.07. The molecule has 7 nitrogen and oxygen atoms in total. The van der Waals surface area contributed by atoms with Crippen molar-refractivity contribution < 1.29 is 4.74 Å². The lowest BCUT2D eigenvalue weighted by Crippen LogP contribution is -2.38. The van der Waals surface area contributed by atoms with Crippen LogP contribution < -0.4 is 4.90 Å². The molecule has 1 fully saturated rings. The minimum Gasteiger partial charge on any atom is -0.378 e. The fraction of sp³-hybridized carbons (Fsp3) is 0.300. The average Bonchev–Trinajstić information content (AvgIpc) is 3.40. The van der Waals surface area contributed by atoms with Crippen LogP contribution in [0.2, 0.25) is 5.02 Å². The van der Waals surface area contributed by atoms with Crippen molar-refractivity contribution in [2.45, 2.75) is 23.7 Å². The molecule has 0 atom stereocenters. The van der Waals surface area contributed by atoms with Gasteiger partial charge in [-0.3, -0.25) is 4.57 Å². The third-order valence-electron chi connectivity index (χ3n) is 4.99. The molecule has 30 heavy (non-hydrogen) atoms. The first-order valence-electron chi connectivity index (χ1n) is 9.66. The number of hydrogen-bond donors (Lipinski definition) is 0. The van der Waals surface area contributed by atoms with Crippen LogP contribution in [0.4, 0.5) is 5.95 Å². The van der Waals surface area contributed by atoms with E-state index in [4.69, 9.17) is 16.3 Å². The second-order valence-corrected chi connectivity index (χ2v) is 8.99. The van der Waals surface area contributed by atoms with Crippen molar-refractivity contribution in [3.63, 3.8) is 0 Å². The molecule has 0 bridgehead atoms. The first kappa shape index (κ1) is 19.7. The maximum Gasteiger partial charge on any atom is 0.228 e. The van der Waals surface area contributed by atoms with Crippen LogP contribution in [-0.4, -0.2) is 51.0 Å². The van der Waals surface area contributed by atoms with Gasteiger partial charge in [-0.2, -0.15) is 0 Å². The first-order chi connectivity index (χ1) is 14.7. The van der Waals surface area contributed by atoms with Crippen LogP contribution in [0.25, 0.3) is 21.3 Å². The average molecular weight is 459 g/mol.